The van der Waals surface area contributed by atoms with Crippen molar-refractivity contribution in [3.05, 3.63) is 52.6 Å². The van der Waals surface area contributed by atoms with Crippen LogP contribution in [0.4, 0.5) is 5.69 Å². The summed E-state index contributed by atoms with van der Waals surface area (Å²) >= 11 is 13.3. The molecule has 1 atom stereocenters. The van der Waals surface area contributed by atoms with Gasteiger partial charge in [0.25, 0.3) is 0 Å². The van der Waals surface area contributed by atoms with Gasteiger partial charge in [0.05, 0.1) is 21.0 Å². The van der Waals surface area contributed by atoms with E-state index in [-0.39, 0.29) is 11.2 Å². The van der Waals surface area contributed by atoms with Crippen LogP contribution in [0.25, 0.3) is 0 Å². The van der Waals surface area contributed by atoms with E-state index in [1.807, 2.05) is 25.1 Å². The number of thioether (sulfide) groups is 1. The Morgan fingerprint density at radius 1 is 1.30 bits per heavy atom. The molecule has 1 aromatic carbocycles. The zero-order valence-corrected chi connectivity index (χ0v) is 13.0. The quantitative estimate of drug-likeness (QED) is 0.840. The molecule has 1 unspecified atom stereocenters. The summed E-state index contributed by atoms with van der Waals surface area (Å²) in [5, 5.41) is 4.25. The van der Waals surface area contributed by atoms with Crippen LogP contribution in [0.1, 0.15) is 6.92 Å². The van der Waals surface area contributed by atoms with E-state index in [0.717, 1.165) is 5.03 Å². The topological polar surface area (TPSA) is 42.0 Å². The third-order valence-corrected chi connectivity index (χ3v) is 4.11. The number of halogens is 2. The van der Waals surface area contributed by atoms with Gasteiger partial charge < -0.3 is 5.32 Å². The first kappa shape index (κ1) is 15.2. The molecule has 0 fully saturated rings. The van der Waals surface area contributed by atoms with Crippen LogP contribution in [0, 0.1) is 0 Å². The molecule has 1 amide bonds. The Morgan fingerprint density at radius 3 is 2.80 bits per heavy atom. The molecule has 1 aromatic heterocycles. The van der Waals surface area contributed by atoms with E-state index in [2.05, 4.69) is 10.3 Å². The Balaban J connectivity index is 2.02. The molecule has 0 aliphatic carbocycles. The molecule has 2 aromatic rings. The molecule has 2 rings (SSSR count). The van der Waals surface area contributed by atoms with Crippen LogP contribution in [-0.2, 0) is 4.79 Å². The number of hydrogen-bond acceptors (Lipinski definition) is 3. The van der Waals surface area contributed by atoms with E-state index in [0.29, 0.717) is 15.7 Å². The summed E-state index contributed by atoms with van der Waals surface area (Å²) in [5.41, 5.74) is 0.512. The van der Waals surface area contributed by atoms with Crippen LogP contribution in [0.15, 0.2) is 47.6 Å². The highest BCUT2D eigenvalue weighted by molar-refractivity contribution is 8.00. The number of amides is 1. The van der Waals surface area contributed by atoms with Gasteiger partial charge in [0.2, 0.25) is 5.91 Å². The van der Waals surface area contributed by atoms with Gasteiger partial charge in [-0.1, -0.05) is 41.0 Å². The SMILES string of the molecule is CC(Sc1ccccn1)C(=O)Nc1cc(Cl)ccc1Cl. The fraction of sp³-hybridized carbons (Fsp3) is 0.143. The maximum atomic E-state index is 12.1. The Bertz CT molecular complexity index is 607. The normalized spacial score (nSPS) is 11.9. The highest BCUT2D eigenvalue weighted by atomic mass is 35.5. The van der Waals surface area contributed by atoms with Crippen LogP contribution >= 0.6 is 35.0 Å². The number of carbonyl (C=O) groups is 1. The Morgan fingerprint density at radius 2 is 2.10 bits per heavy atom. The number of pyridine rings is 1. The largest absolute Gasteiger partial charge is 0.324 e. The average Bonchev–Trinajstić information content (AvgIpc) is 2.44. The molecule has 6 heteroatoms. The van der Waals surface area contributed by atoms with Crippen molar-refractivity contribution in [1.29, 1.82) is 0 Å². The smallest absolute Gasteiger partial charge is 0.237 e. The van der Waals surface area contributed by atoms with Gasteiger partial charge in [0.1, 0.15) is 0 Å². The van der Waals surface area contributed by atoms with Crippen molar-refractivity contribution >= 4 is 46.6 Å². The van der Waals surface area contributed by atoms with Gasteiger partial charge in [-0.05, 0) is 37.3 Å². The molecule has 0 aliphatic rings. The predicted molar refractivity (Wildman–Crippen MR) is 84.6 cm³/mol. The third-order valence-electron chi connectivity index (χ3n) is 2.49. The van der Waals surface area contributed by atoms with Crippen molar-refractivity contribution in [1.82, 2.24) is 4.98 Å². The zero-order chi connectivity index (χ0) is 14.5. The van der Waals surface area contributed by atoms with Crippen LogP contribution < -0.4 is 5.32 Å². The van der Waals surface area contributed by atoms with Crippen molar-refractivity contribution in [3.8, 4) is 0 Å². The van der Waals surface area contributed by atoms with Crippen LogP contribution in [0.5, 0.6) is 0 Å². The molecule has 0 saturated heterocycles. The summed E-state index contributed by atoms with van der Waals surface area (Å²) in [6.07, 6.45) is 1.70. The van der Waals surface area contributed by atoms with Crippen molar-refractivity contribution in [2.24, 2.45) is 0 Å². The average molecular weight is 327 g/mol. The minimum absolute atomic E-state index is 0.148. The summed E-state index contributed by atoms with van der Waals surface area (Å²) in [6, 6.07) is 10.5. The zero-order valence-electron chi connectivity index (χ0n) is 10.6. The van der Waals surface area contributed by atoms with E-state index in [1.165, 1.54) is 11.8 Å². The highest BCUT2D eigenvalue weighted by Gasteiger charge is 2.16. The monoisotopic (exact) mass is 326 g/mol. The fourth-order valence-corrected chi connectivity index (χ4v) is 2.62. The van der Waals surface area contributed by atoms with E-state index in [4.69, 9.17) is 23.2 Å². The number of nitrogens with one attached hydrogen (secondary N) is 1. The summed E-state index contributed by atoms with van der Waals surface area (Å²) in [7, 11) is 0. The van der Waals surface area contributed by atoms with E-state index < -0.39 is 0 Å². The van der Waals surface area contributed by atoms with Crippen LogP contribution in [-0.4, -0.2) is 16.1 Å². The standard InChI is InChI=1S/C14H12Cl2N2OS/c1-9(20-13-4-2-3-7-17-13)14(19)18-12-8-10(15)5-6-11(12)16/h2-9H,1H3,(H,18,19). The van der Waals surface area contributed by atoms with Gasteiger partial charge in [0.15, 0.2) is 0 Å². The van der Waals surface area contributed by atoms with Crippen LogP contribution in [0.2, 0.25) is 10.0 Å². The first-order chi connectivity index (χ1) is 9.56. The predicted octanol–water partition coefficient (Wildman–Crippen LogP) is 4.51. The van der Waals surface area contributed by atoms with Gasteiger partial charge >= 0.3 is 0 Å². The maximum absolute atomic E-state index is 12.1. The lowest BCUT2D eigenvalue weighted by atomic mass is 10.3. The molecular formula is C14H12Cl2N2OS. The molecule has 104 valence electrons. The summed E-state index contributed by atoms with van der Waals surface area (Å²) < 4.78 is 0. The molecule has 0 radical (unpaired) electrons. The second-order valence-electron chi connectivity index (χ2n) is 4.04. The van der Waals surface area contributed by atoms with Gasteiger partial charge in [0, 0.05) is 11.2 Å². The second kappa shape index (κ2) is 6.97. The number of benzene rings is 1. The molecule has 0 bridgehead atoms. The number of anilines is 1. The molecule has 0 saturated carbocycles. The fourth-order valence-electron chi connectivity index (χ4n) is 1.48. The second-order valence-corrected chi connectivity index (χ2v) is 6.25. The van der Waals surface area contributed by atoms with E-state index in [9.17, 15) is 4.79 Å². The first-order valence-corrected chi connectivity index (χ1v) is 7.53. The van der Waals surface area contributed by atoms with E-state index >= 15 is 0 Å². The maximum Gasteiger partial charge on any atom is 0.237 e. The minimum Gasteiger partial charge on any atom is -0.324 e. The summed E-state index contributed by atoms with van der Waals surface area (Å²) in [5.74, 6) is -0.148. The van der Waals surface area contributed by atoms with Crippen molar-refractivity contribution < 1.29 is 4.79 Å². The highest BCUT2D eigenvalue weighted by Crippen LogP contribution is 2.27. The first-order valence-electron chi connectivity index (χ1n) is 5.90. The Kier molecular flexibility index (Phi) is 5.29. The number of hydrogen-bond donors (Lipinski definition) is 1. The number of carbonyl (C=O) groups excluding carboxylic acids is 1. The minimum atomic E-state index is -0.292. The molecule has 0 spiro atoms. The van der Waals surface area contributed by atoms with Gasteiger partial charge in [-0.25, -0.2) is 4.98 Å². The van der Waals surface area contributed by atoms with Gasteiger partial charge in [-0.2, -0.15) is 0 Å². The summed E-state index contributed by atoms with van der Waals surface area (Å²) in [4.78, 5) is 16.3. The van der Waals surface area contributed by atoms with Gasteiger partial charge in [-0.15, -0.1) is 0 Å². The molecule has 1 heterocycles. The van der Waals surface area contributed by atoms with Crippen molar-refractivity contribution in [3.63, 3.8) is 0 Å². The lowest BCUT2D eigenvalue weighted by Crippen LogP contribution is -2.22. The number of rotatable bonds is 4. The summed E-state index contributed by atoms with van der Waals surface area (Å²) in [6.45, 7) is 1.81. The molecule has 20 heavy (non-hydrogen) atoms. The van der Waals surface area contributed by atoms with Gasteiger partial charge in [-0.3, -0.25) is 4.79 Å². The lowest BCUT2D eigenvalue weighted by molar-refractivity contribution is -0.115. The van der Waals surface area contributed by atoms with Crippen LogP contribution in [0.3, 0.4) is 0 Å². The van der Waals surface area contributed by atoms with Crippen molar-refractivity contribution in [2.45, 2.75) is 17.2 Å². The molecule has 1 N–H and O–H groups in total. The Labute approximate surface area is 131 Å². The Hall–Kier alpha value is -1.23. The third kappa shape index (κ3) is 4.13. The molecule has 3 nitrogen and oxygen atoms in total. The molecule has 0 aliphatic heterocycles. The molecular weight excluding hydrogens is 315 g/mol. The van der Waals surface area contributed by atoms with Crippen molar-refractivity contribution in [2.75, 3.05) is 5.32 Å². The number of nitrogens with zero attached hydrogens (tertiary/aromatic N) is 1. The van der Waals surface area contributed by atoms with E-state index in [1.54, 1.807) is 24.4 Å². The lowest BCUT2D eigenvalue weighted by Gasteiger charge is -2.12. The number of aromatic nitrogens is 1.